The third-order valence-electron chi connectivity index (χ3n) is 6.50. The number of hydrogen-bond donors (Lipinski definition) is 1. The van der Waals surface area contributed by atoms with Gasteiger partial charge in [0.25, 0.3) is 0 Å². The van der Waals surface area contributed by atoms with Crippen molar-refractivity contribution in [3.05, 3.63) is 59.7 Å². The minimum absolute atomic E-state index is 0.120. The summed E-state index contributed by atoms with van der Waals surface area (Å²) in [6, 6.07) is 10.8. The Labute approximate surface area is 210 Å². The molecule has 4 rings (SSSR count). The Balaban J connectivity index is 1.20. The van der Waals surface area contributed by atoms with Gasteiger partial charge in [-0.25, -0.2) is 17.2 Å². The summed E-state index contributed by atoms with van der Waals surface area (Å²) in [5.74, 6) is -1.36. The van der Waals surface area contributed by atoms with E-state index in [4.69, 9.17) is 4.74 Å². The van der Waals surface area contributed by atoms with Crippen LogP contribution < -0.4 is 10.1 Å². The second-order valence-corrected chi connectivity index (χ2v) is 11.3. The monoisotopic (exact) mass is 522 g/mol. The molecular weight excluding hydrogens is 490 g/mol. The number of carbonyl (C=O) groups is 1. The Morgan fingerprint density at radius 2 is 1.86 bits per heavy atom. The van der Waals surface area contributed by atoms with Crippen molar-refractivity contribution in [2.45, 2.75) is 30.3 Å². The smallest absolute Gasteiger partial charge is 0.243 e. The van der Waals surface area contributed by atoms with Crippen LogP contribution in [0.1, 0.15) is 18.4 Å². The summed E-state index contributed by atoms with van der Waals surface area (Å²) in [6.07, 6.45) is 1.47. The molecule has 2 aliphatic rings. The first kappa shape index (κ1) is 26.5. The number of ether oxygens (including phenoxy) is 1. The van der Waals surface area contributed by atoms with Gasteiger partial charge in [0.1, 0.15) is 12.4 Å². The van der Waals surface area contributed by atoms with Crippen molar-refractivity contribution in [2.24, 2.45) is 0 Å². The van der Waals surface area contributed by atoms with E-state index in [0.29, 0.717) is 32.7 Å². The van der Waals surface area contributed by atoms with Gasteiger partial charge in [-0.1, -0.05) is 12.1 Å². The van der Waals surface area contributed by atoms with Crippen molar-refractivity contribution in [3.63, 3.8) is 0 Å². The quantitative estimate of drug-likeness (QED) is 0.515. The molecule has 1 amide bonds. The molecule has 1 atom stereocenters. The highest BCUT2D eigenvalue weighted by atomic mass is 32.2. The van der Waals surface area contributed by atoms with E-state index in [1.54, 1.807) is 0 Å². The first-order chi connectivity index (χ1) is 17.2. The number of nitrogens with one attached hydrogen (secondary N) is 1. The zero-order valence-corrected chi connectivity index (χ0v) is 21.1. The second-order valence-electron chi connectivity index (χ2n) is 9.32. The SMILES string of the molecule is CN(Cc1cccc(OCCN2CCN(S(=O)(=O)c3ccc(F)c(F)c3)CC2)c1)C[C@H]1CCC(=O)N1. The number of likely N-dealkylation sites (N-methyl/N-ethyl adjacent to an activating group) is 1. The van der Waals surface area contributed by atoms with E-state index in [1.165, 1.54) is 4.31 Å². The van der Waals surface area contributed by atoms with Gasteiger partial charge in [-0.05, 0) is 49.4 Å². The molecule has 1 N–H and O–H groups in total. The van der Waals surface area contributed by atoms with E-state index in [2.05, 4.69) is 15.1 Å². The van der Waals surface area contributed by atoms with Crippen LogP contribution in [0.3, 0.4) is 0 Å². The average Bonchev–Trinajstić information content (AvgIpc) is 3.25. The molecule has 0 unspecified atom stereocenters. The maximum atomic E-state index is 13.5. The van der Waals surface area contributed by atoms with Gasteiger partial charge in [-0.15, -0.1) is 0 Å². The number of rotatable bonds is 10. The summed E-state index contributed by atoms with van der Waals surface area (Å²) in [5, 5.41) is 2.99. The Bertz CT molecular complexity index is 1170. The normalized spacial score (nSPS) is 19.6. The Hall–Kier alpha value is -2.60. The van der Waals surface area contributed by atoms with Crippen molar-refractivity contribution in [3.8, 4) is 5.75 Å². The molecule has 2 aliphatic heterocycles. The number of hydrogen-bond acceptors (Lipinski definition) is 6. The molecule has 2 aromatic rings. The number of piperazine rings is 1. The molecule has 2 heterocycles. The lowest BCUT2D eigenvalue weighted by atomic mass is 10.1. The Kier molecular flexibility index (Phi) is 8.55. The highest BCUT2D eigenvalue weighted by molar-refractivity contribution is 7.89. The lowest BCUT2D eigenvalue weighted by Crippen LogP contribution is -2.49. The largest absolute Gasteiger partial charge is 0.492 e. The fraction of sp³-hybridized carbons (Fsp3) is 0.480. The molecular formula is C25H32F2N4O4S. The van der Waals surface area contributed by atoms with Gasteiger partial charge >= 0.3 is 0 Å². The van der Waals surface area contributed by atoms with Crippen molar-refractivity contribution in [1.29, 1.82) is 0 Å². The zero-order valence-electron chi connectivity index (χ0n) is 20.3. The van der Waals surface area contributed by atoms with Gasteiger partial charge in [-0.3, -0.25) is 9.69 Å². The first-order valence-electron chi connectivity index (χ1n) is 12.1. The molecule has 196 valence electrons. The van der Waals surface area contributed by atoms with Crippen molar-refractivity contribution in [1.82, 2.24) is 19.4 Å². The summed E-state index contributed by atoms with van der Waals surface area (Å²) in [7, 11) is -1.84. The summed E-state index contributed by atoms with van der Waals surface area (Å²) in [4.78, 5) is 15.5. The number of halogens is 2. The van der Waals surface area contributed by atoms with Crippen LogP contribution in [0.5, 0.6) is 5.75 Å². The van der Waals surface area contributed by atoms with Gasteiger partial charge in [-0.2, -0.15) is 4.31 Å². The fourth-order valence-corrected chi connectivity index (χ4v) is 6.01. The van der Waals surface area contributed by atoms with E-state index in [-0.39, 0.29) is 29.9 Å². The van der Waals surface area contributed by atoms with Crippen molar-refractivity contribution >= 4 is 15.9 Å². The van der Waals surface area contributed by atoms with E-state index in [9.17, 15) is 22.0 Å². The average molecular weight is 523 g/mol. The molecule has 0 aromatic heterocycles. The predicted octanol–water partition coefficient (Wildman–Crippen LogP) is 2.06. The van der Waals surface area contributed by atoms with Gasteiger partial charge < -0.3 is 15.0 Å². The number of amides is 1. The van der Waals surface area contributed by atoms with Gasteiger partial charge in [0.05, 0.1) is 4.90 Å². The van der Waals surface area contributed by atoms with Crippen LogP contribution in [0, 0.1) is 11.6 Å². The summed E-state index contributed by atoms with van der Waals surface area (Å²) in [6.45, 7) is 4.24. The van der Waals surface area contributed by atoms with Gasteiger partial charge in [0.15, 0.2) is 11.6 Å². The molecule has 0 saturated carbocycles. The number of sulfonamides is 1. The minimum Gasteiger partial charge on any atom is -0.492 e. The maximum Gasteiger partial charge on any atom is 0.243 e. The highest BCUT2D eigenvalue weighted by Gasteiger charge is 2.29. The first-order valence-corrected chi connectivity index (χ1v) is 13.5. The molecule has 0 aliphatic carbocycles. The van der Waals surface area contributed by atoms with Gasteiger partial charge in [0, 0.05) is 58.3 Å². The molecule has 36 heavy (non-hydrogen) atoms. The Morgan fingerprint density at radius 3 is 2.56 bits per heavy atom. The number of nitrogens with zero attached hydrogens (tertiary/aromatic N) is 3. The van der Waals surface area contributed by atoms with Crippen LogP contribution >= 0.6 is 0 Å². The van der Waals surface area contributed by atoms with E-state index in [1.807, 2.05) is 31.3 Å². The highest BCUT2D eigenvalue weighted by Crippen LogP contribution is 2.20. The lowest BCUT2D eigenvalue weighted by molar-refractivity contribution is -0.119. The molecule has 0 spiro atoms. The van der Waals surface area contributed by atoms with Crippen LogP contribution in [0.25, 0.3) is 0 Å². The molecule has 0 bridgehead atoms. The lowest BCUT2D eigenvalue weighted by Gasteiger charge is -2.33. The zero-order chi connectivity index (χ0) is 25.7. The van der Waals surface area contributed by atoms with Gasteiger partial charge in [0.2, 0.25) is 15.9 Å². The fourth-order valence-electron chi connectivity index (χ4n) is 4.57. The van der Waals surface area contributed by atoms with Crippen LogP contribution in [-0.4, -0.2) is 87.4 Å². The van der Waals surface area contributed by atoms with Crippen molar-refractivity contribution < 1.29 is 26.7 Å². The van der Waals surface area contributed by atoms with Crippen LogP contribution in [0.15, 0.2) is 47.4 Å². The number of carbonyl (C=O) groups excluding carboxylic acids is 1. The van der Waals surface area contributed by atoms with Crippen LogP contribution in [0.2, 0.25) is 0 Å². The van der Waals surface area contributed by atoms with Crippen LogP contribution in [0.4, 0.5) is 8.78 Å². The topological polar surface area (TPSA) is 82.2 Å². The minimum atomic E-state index is -3.87. The predicted molar refractivity (Wildman–Crippen MR) is 131 cm³/mol. The molecule has 2 fully saturated rings. The number of benzene rings is 2. The standard InChI is InChI=1S/C25H32F2N4O4S/c1-29(18-20-5-8-25(32)28-20)17-19-3-2-4-21(15-19)35-14-13-30-9-11-31(12-10-30)36(33,34)22-6-7-23(26)24(27)16-22/h2-4,6-7,15-16,20H,5,8-14,17-18H2,1H3,(H,28,32)/t20-/m1/s1. The summed E-state index contributed by atoms with van der Waals surface area (Å²) < 4.78 is 59.4. The molecule has 8 nitrogen and oxygen atoms in total. The second kappa shape index (κ2) is 11.6. The maximum absolute atomic E-state index is 13.5. The summed E-state index contributed by atoms with van der Waals surface area (Å²) >= 11 is 0. The van der Waals surface area contributed by atoms with E-state index >= 15 is 0 Å². The van der Waals surface area contributed by atoms with Crippen LogP contribution in [-0.2, 0) is 21.4 Å². The molecule has 2 aromatic carbocycles. The van der Waals surface area contributed by atoms with Crippen molar-refractivity contribution in [2.75, 3.05) is 52.9 Å². The van der Waals surface area contributed by atoms with E-state index < -0.39 is 21.7 Å². The Morgan fingerprint density at radius 1 is 1.08 bits per heavy atom. The third-order valence-corrected chi connectivity index (χ3v) is 8.40. The molecule has 11 heteroatoms. The molecule has 2 saturated heterocycles. The van der Waals surface area contributed by atoms with E-state index in [0.717, 1.165) is 49.0 Å². The summed E-state index contributed by atoms with van der Waals surface area (Å²) in [5.41, 5.74) is 1.12. The third kappa shape index (κ3) is 6.78. The molecule has 0 radical (unpaired) electrons.